The Kier molecular flexibility index (Phi) is 51.3. The SMILES string of the molecule is CC[C@H](C)[C@H](NC(=O)[C@@H]1C[C@@H](O)CN1C(=O)[C@@H](N)C(C)C)C(=O)N[C@H](C(=O)N[C@@H](Cc1ccc(O)c(O)c1)C(=O)N[C@H](C(=O)N[C@@H](CC(N)=O)C(=O)N[C@@H](CCCNC(=N)N)C(=O)N[C@@H](CCN)C(=O)N[C@H](C(=O)N[C@H](CCN)C(=O)N[C@@H](CCCCN)C(=O)N[C@@H](CS)C(=O)N[C@@H](CCN)C(=O)N[C@@H](CCCNC(=N)N)C(=O)N[C@@H](Cc1ccc(O)cc1)C(=O)O)[C@@H](C)O)C(C)(C)S)C(C)C. The van der Waals surface area contributed by atoms with Crippen molar-refractivity contribution < 1.29 is 112 Å². The predicted molar refractivity (Wildman–Crippen MR) is 508 cm³/mol. The highest BCUT2D eigenvalue weighted by Gasteiger charge is 2.46. The number of rotatable bonds is 61. The smallest absolute Gasteiger partial charge is 0.326 e. The number of phenolic OH excluding ortho intramolecular Hbond substituents is 3. The van der Waals surface area contributed by atoms with Crippen LogP contribution >= 0.6 is 25.3 Å². The number of aliphatic hydroxyl groups is 2. The van der Waals surface area contributed by atoms with Crippen molar-refractivity contribution in [3.63, 3.8) is 0 Å². The zero-order chi connectivity index (χ0) is 104. The van der Waals surface area contributed by atoms with E-state index in [2.05, 4.69) is 110 Å². The molecule has 3 rings (SSSR count). The third-order valence-corrected chi connectivity index (χ3v) is 22.9. The molecule has 1 heterocycles. The summed E-state index contributed by atoms with van der Waals surface area (Å²) in [6.45, 7) is 12.6. The van der Waals surface area contributed by atoms with E-state index in [1.807, 2.05) is 0 Å². The molecule has 40 N–H and O–H groups in total. The first-order chi connectivity index (χ1) is 64.3. The number of likely N-dealkylation sites (tertiary alicyclic amines) is 1. The van der Waals surface area contributed by atoms with Gasteiger partial charge in [-0.15, -0.1) is 0 Å². The van der Waals surface area contributed by atoms with Crippen molar-refractivity contribution in [2.45, 2.75) is 272 Å². The number of aliphatic carboxylic acids is 1. The molecule has 1 saturated heterocycles. The number of aromatic hydroxyl groups is 3. The Morgan fingerprint density at radius 3 is 1.28 bits per heavy atom. The highest BCUT2D eigenvalue weighted by molar-refractivity contribution is 7.81. The van der Waals surface area contributed by atoms with Crippen LogP contribution in [0.15, 0.2) is 42.5 Å². The lowest BCUT2D eigenvalue weighted by molar-refractivity contribution is -0.142. The van der Waals surface area contributed by atoms with Crippen LogP contribution in [0.2, 0.25) is 0 Å². The normalized spacial score (nSPS) is 16.7. The number of amides is 16. The van der Waals surface area contributed by atoms with Crippen molar-refractivity contribution in [1.82, 2.24) is 90.0 Å². The second kappa shape index (κ2) is 59.0. The maximum atomic E-state index is 14.9. The lowest BCUT2D eigenvalue weighted by atomic mass is 9.95. The van der Waals surface area contributed by atoms with Gasteiger partial charge in [-0.25, -0.2) is 4.79 Å². The van der Waals surface area contributed by atoms with Crippen LogP contribution in [0.5, 0.6) is 17.2 Å². The van der Waals surface area contributed by atoms with Gasteiger partial charge in [-0.2, -0.15) is 25.3 Å². The number of carbonyl (C=O) groups is 17. The molecule has 0 aliphatic carbocycles. The van der Waals surface area contributed by atoms with Crippen LogP contribution in [0.25, 0.3) is 0 Å². The Morgan fingerprint density at radius 2 is 0.861 bits per heavy atom. The van der Waals surface area contributed by atoms with Crippen LogP contribution in [0.4, 0.5) is 0 Å². The molecule has 0 saturated carbocycles. The zero-order valence-corrected chi connectivity index (χ0v) is 80.3. The molecule has 0 radical (unpaired) electrons. The second-order valence-electron chi connectivity index (χ2n) is 34.8. The highest BCUT2D eigenvalue weighted by atomic mass is 32.1. The summed E-state index contributed by atoms with van der Waals surface area (Å²) in [5.41, 5.74) is 46.9. The average Bonchev–Trinajstić information content (AvgIpc) is 1.62. The molecular weight excluding hydrogens is 1830 g/mol. The van der Waals surface area contributed by atoms with Gasteiger partial charge in [0.1, 0.15) is 96.4 Å². The molecule has 50 nitrogen and oxygen atoms in total. The fraction of sp³-hybridized carbons (Fsp3) is 0.635. The topological polar surface area (TPSA) is 863 Å². The number of nitrogens with one attached hydrogen (secondary N) is 18. The average molecular weight is 1980 g/mol. The summed E-state index contributed by atoms with van der Waals surface area (Å²) >= 11 is 8.87. The van der Waals surface area contributed by atoms with Crippen molar-refractivity contribution in [2.75, 3.05) is 51.6 Å². The van der Waals surface area contributed by atoms with E-state index in [0.717, 1.165) is 24.0 Å². The lowest BCUT2D eigenvalue weighted by Gasteiger charge is -2.33. The molecule has 19 atom stereocenters. The Morgan fingerprint density at radius 1 is 0.467 bits per heavy atom. The van der Waals surface area contributed by atoms with E-state index in [0.29, 0.717) is 18.4 Å². The molecule has 52 heteroatoms. The first-order valence-electron chi connectivity index (χ1n) is 45.0. The van der Waals surface area contributed by atoms with Gasteiger partial charge in [0.25, 0.3) is 0 Å². The first kappa shape index (κ1) is 119. The van der Waals surface area contributed by atoms with Gasteiger partial charge in [0, 0.05) is 49.4 Å². The minimum atomic E-state index is -2.02. The number of carbonyl (C=O) groups excluding carboxylic acids is 16. The summed E-state index contributed by atoms with van der Waals surface area (Å²) in [4.78, 5) is 242. The number of carboxylic acids is 1. The fourth-order valence-corrected chi connectivity index (χ4v) is 14.6. The number of β-amino-alcohol motifs (C(OH)–C–C–N with tert-alkyl or cyclic N) is 1. The van der Waals surface area contributed by atoms with Gasteiger partial charge in [-0.3, -0.25) is 87.5 Å². The van der Waals surface area contributed by atoms with Gasteiger partial charge >= 0.3 is 5.97 Å². The number of unbranched alkanes of at least 4 members (excludes halogenated alkanes) is 1. The van der Waals surface area contributed by atoms with Crippen molar-refractivity contribution in [1.29, 1.82) is 10.8 Å². The lowest BCUT2D eigenvalue weighted by Crippen LogP contribution is -2.64. The molecule has 1 aliphatic heterocycles. The van der Waals surface area contributed by atoms with E-state index in [9.17, 15) is 112 Å². The molecule has 768 valence electrons. The second-order valence-corrected chi connectivity index (χ2v) is 36.3. The highest BCUT2D eigenvalue weighted by Crippen LogP contribution is 2.28. The fourth-order valence-electron chi connectivity index (χ4n) is 14.1. The van der Waals surface area contributed by atoms with Gasteiger partial charge < -0.3 is 166 Å². The van der Waals surface area contributed by atoms with E-state index < -0.39 is 274 Å². The molecule has 137 heavy (non-hydrogen) atoms. The monoisotopic (exact) mass is 1970 g/mol. The van der Waals surface area contributed by atoms with Gasteiger partial charge in [0.15, 0.2) is 23.4 Å². The summed E-state index contributed by atoms with van der Waals surface area (Å²) in [5, 5.41) is 117. The maximum Gasteiger partial charge on any atom is 0.326 e. The number of benzene rings is 2. The number of hydrogen-bond donors (Lipinski definition) is 34. The van der Waals surface area contributed by atoms with Gasteiger partial charge in [0.2, 0.25) is 94.5 Å². The Labute approximate surface area is 805 Å². The van der Waals surface area contributed by atoms with E-state index in [1.165, 1.54) is 44.2 Å². The third kappa shape index (κ3) is 40.6. The van der Waals surface area contributed by atoms with Crippen LogP contribution in [-0.2, 0) is 94.3 Å². The van der Waals surface area contributed by atoms with Gasteiger partial charge in [-0.05, 0) is 164 Å². The Balaban J connectivity index is 1.94. The number of hydrogen-bond acceptors (Lipinski definition) is 31. The van der Waals surface area contributed by atoms with Crippen LogP contribution < -0.4 is 131 Å². The Bertz CT molecular complexity index is 4440. The predicted octanol–water partition coefficient (Wildman–Crippen LogP) is -9.30. The van der Waals surface area contributed by atoms with E-state index >= 15 is 0 Å². The molecule has 2 aromatic carbocycles. The zero-order valence-electron chi connectivity index (χ0n) is 78.5. The van der Waals surface area contributed by atoms with Crippen molar-refractivity contribution in [2.24, 2.45) is 63.6 Å². The summed E-state index contributed by atoms with van der Waals surface area (Å²) in [6.07, 6.45) is -5.74. The molecule has 16 amide bonds. The molecule has 0 unspecified atom stereocenters. The van der Waals surface area contributed by atoms with Crippen molar-refractivity contribution >= 4 is 138 Å². The molecule has 0 aromatic heterocycles. The van der Waals surface area contributed by atoms with E-state index in [1.54, 1.807) is 41.5 Å². The number of carboxylic acid groups (broad SMARTS) is 1. The standard InChI is InChI=1S/C85H143N27O23S2/c1-10-42(6)64(109-76(128)58-36-47(115)38-112(58)81(133)62(91)40(2)3)78(130)108-63(41(4)5)77(129)104-54(34-45-20-23-59(116)60(117)35-45)74(126)111-66(85(8,9)137)80(132)105-55(37-61(90)118)73(125)100-49(16-13-31-96-83(92)93)67(119)101-53(26-30-89)72(124)110-65(43(7)113)79(131)103-52(25-29-88)71(123)98-48(15-11-12-27-86)69(121)107-57(39-136)75(127)102-51(24-28-87)70(122)99-50(17-14-32-97-84(94)95)68(120)106-56(82(134)135)33-44-18-21-46(114)22-19-44/h18-23,35,40-43,47-58,62-66,113-117,136-137H,10-17,24-34,36-39,86-89,91H2,1-9H3,(H2,90,118)(H,98,123)(H,99,122)(H,100,125)(H,101,119)(H,102,127)(H,103,131)(H,104,129)(H,105,132)(H,106,120)(H,107,121)(H,108,130)(H,109,128)(H,110,124)(H,111,126)(H,134,135)(H4,92,93,96)(H4,94,95,97)/t42-,43+,47+,48-,49-,50-,51-,52+,53-,54-,55-,56-,57-,58-,62-,63-,64-,65-,66+/m0/s1. The maximum absolute atomic E-state index is 14.9. The molecular formula is C85H143N27O23S2. The largest absolute Gasteiger partial charge is 0.508 e. The van der Waals surface area contributed by atoms with Crippen LogP contribution in [0.3, 0.4) is 0 Å². The number of nitrogens with zero attached hydrogens (tertiary/aromatic N) is 1. The van der Waals surface area contributed by atoms with E-state index in [-0.39, 0.29) is 127 Å². The minimum Gasteiger partial charge on any atom is -0.508 e. The van der Waals surface area contributed by atoms with Crippen LogP contribution in [0.1, 0.15) is 157 Å². The summed E-state index contributed by atoms with van der Waals surface area (Å²) < 4.78 is -1.65. The number of thiol groups is 2. The van der Waals surface area contributed by atoms with E-state index in [4.69, 9.17) is 56.7 Å². The molecule has 1 fully saturated rings. The summed E-state index contributed by atoms with van der Waals surface area (Å²) in [6, 6.07) is -16.4. The molecule has 1 aliphatic rings. The number of guanidine groups is 2. The summed E-state index contributed by atoms with van der Waals surface area (Å²) in [5.74, 6) is -22.5. The quantitative estimate of drug-likeness (QED) is 0.00961. The molecule has 0 spiro atoms. The number of primary amides is 1. The van der Waals surface area contributed by atoms with Crippen LogP contribution in [-0.4, -0.2) is 313 Å². The van der Waals surface area contributed by atoms with Crippen molar-refractivity contribution in [3.8, 4) is 17.2 Å². The first-order valence-corrected chi connectivity index (χ1v) is 46.1. The minimum absolute atomic E-state index is 0.0402. The number of aliphatic hydroxyl groups excluding tert-OH is 2. The Hall–Kier alpha value is -12.2. The third-order valence-electron chi connectivity index (χ3n) is 22.3. The van der Waals surface area contributed by atoms with Gasteiger partial charge in [-0.1, -0.05) is 66.2 Å². The number of phenols is 3. The summed E-state index contributed by atoms with van der Waals surface area (Å²) in [7, 11) is 0. The van der Waals surface area contributed by atoms with Crippen LogP contribution in [0, 0.1) is 28.6 Å². The molecule has 0 bridgehead atoms. The number of nitrogens with two attached hydrogens (primary N) is 8. The van der Waals surface area contributed by atoms with Gasteiger partial charge in [0.05, 0.1) is 24.7 Å². The molecule has 2 aromatic rings. The van der Waals surface area contributed by atoms with Crippen molar-refractivity contribution in [3.05, 3.63) is 53.6 Å².